The smallest absolute Gasteiger partial charge is 0.308 e. The van der Waals surface area contributed by atoms with E-state index in [0.29, 0.717) is 6.54 Å². The number of aromatic nitrogens is 1. The van der Waals surface area contributed by atoms with Gasteiger partial charge < -0.3 is 24.6 Å². The number of aliphatic imine (C=N–C) groups is 1. The number of ether oxygens (including phenoxy) is 2. The SMILES string of the molecule is CCNC(=NCc1cccnc1N1CCOCC1)N1CCC(C(=O)OC)CC1. The predicted molar refractivity (Wildman–Crippen MR) is 108 cm³/mol. The first-order chi connectivity index (χ1) is 13.7. The topological polar surface area (TPSA) is 79.3 Å². The molecule has 1 aromatic rings. The quantitative estimate of drug-likeness (QED) is 0.461. The molecule has 0 amide bonds. The minimum atomic E-state index is -0.105. The Morgan fingerprint density at radius 3 is 2.75 bits per heavy atom. The standard InChI is InChI=1S/C20H31N5O3/c1-3-21-20(25-9-6-16(7-10-25)19(26)27-2)23-15-17-5-4-8-22-18(17)24-11-13-28-14-12-24/h4-5,8,16H,3,6-7,9-15H2,1-2H3,(H,21,23). The van der Waals surface area contributed by atoms with Crippen LogP contribution >= 0.6 is 0 Å². The molecule has 28 heavy (non-hydrogen) atoms. The van der Waals surface area contributed by atoms with Gasteiger partial charge in [0, 0.05) is 44.5 Å². The number of rotatable bonds is 5. The molecule has 0 spiro atoms. The lowest BCUT2D eigenvalue weighted by Gasteiger charge is -2.33. The first kappa shape index (κ1) is 20.4. The van der Waals surface area contributed by atoms with Crippen molar-refractivity contribution in [1.82, 2.24) is 15.2 Å². The van der Waals surface area contributed by atoms with Crippen LogP contribution in [0.4, 0.5) is 5.82 Å². The van der Waals surface area contributed by atoms with Gasteiger partial charge in [0.25, 0.3) is 0 Å². The highest BCUT2D eigenvalue weighted by molar-refractivity contribution is 5.80. The third-order valence-electron chi connectivity index (χ3n) is 5.24. The maximum absolute atomic E-state index is 11.8. The summed E-state index contributed by atoms with van der Waals surface area (Å²) in [6.07, 6.45) is 3.42. The number of piperidine rings is 1. The molecule has 8 nitrogen and oxygen atoms in total. The zero-order valence-corrected chi connectivity index (χ0v) is 16.9. The van der Waals surface area contributed by atoms with E-state index in [9.17, 15) is 4.79 Å². The molecule has 0 aromatic carbocycles. The second-order valence-electron chi connectivity index (χ2n) is 7.04. The first-order valence-corrected chi connectivity index (χ1v) is 10.1. The molecule has 8 heteroatoms. The minimum Gasteiger partial charge on any atom is -0.469 e. The number of guanidine groups is 1. The summed E-state index contributed by atoms with van der Waals surface area (Å²) in [5, 5.41) is 3.39. The monoisotopic (exact) mass is 389 g/mol. The molecule has 3 rings (SSSR count). The van der Waals surface area contributed by atoms with Crippen molar-refractivity contribution in [2.24, 2.45) is 10.9 Å². The van der Waals surface area contributed by atoms with Crippen molar-refractivity contribution >= 4 is 17.7 Å². The van der Waals surface area contributed by atoms with Gasteiger partial charge in [-0.2, -0.15) is 0 Å². The molecular weight excluding hydrogens is 358 g/mol. The summed E-state index contributed by atoms with van der Waals surface area (Å²) in [7, 11) is 1.46. The van der Waals surface area contributed by atoms with E-state index in [1.165, 1.54) is 7.11 Å². The number of nitrogens with zero attached hydrogens (tertiary/aromatic N) is 4. The van der Waals surface area contributed by atoms with Crippen molar-refractivity contribution < 1.29 is 14.3 Å². The Labute approximate surface area is 166 Å². The Morgan fingerprint density at radius 1 is 1.32 bits per heavy atom. The Bertz CT molecular complexity index is 668. The van der Waals surface area contributed by atoms with Crippen molar-refractivity contribution in [3.63, 3.8) is 0 Å². The highest BCUT2D eigenvalue weighted by Gasteiger charge is 2.27. The van der Waals surface area contributed by atoms with Gasteiger partial charge in [-0.05, 0) is 25.8 Å². The minimum absolute atomic E-state index is 0.00428. The fourth-order valence-corrected chi connectivity index (χ4v) is 3.69. The predicted octanol–water partition coefficient (Wildman–Crippen LogP) is 1.27. The van der Waals surface area contributed by atoms with E-state index in [-0.39, 0.29) is 11.9 Å². The summed E-state index contributed by atoms with van der Waals surface area (Å²) in [5.41, 5.74) is 1.12. The molecule has 1 N–H and O–H groups in total. The summed E-state index contributed by atoms with van der Waals surface area (Å²) < 4.78 is 10.3. The van der Waals surface area contributed by atoms with E-state index in [0.717, 1.165) is 76.1 Å². The van der Waals surface area contributed by atoms with Crippen LogP contribution in [-0.4, -0.2) is 74.9 Å². The van der Waals surface area contributed by atoms with Crippen LogP contribution in [0.2, 0.25) is 0 Å². The van der Waals surface area contributed by atoms with Crippen LogP contribution in [0.1, 0.15) is 25.3 Å². The lowest BCUT2D eigenvalue weighted by Crippen LogP contribution is -2.46. The van der Waals surface area contributed by atoms with Gasteiger partial charge in [0.15, 0.2) is 5.96 Å². The van der Waals surface area contributed by atoms with Gasteiger partial charge in [0.1, 0.15) is 5.82 Å². The van der Waals surface area contributed by atoms with Crippen LogP contribution in [0.25, 0.3) is 0 Å². The summed E-state index contributed by atoms with van der Waals surface area (Å²) in [5.74, 6) is 1.78. The molecule has 0 unspecified atom stereocenters. The molecule has 2 fully saturated rings. The number of pyridine rings is 1. The van der Waals surface area contributed by atoms with E-state index in [4.69, 9.17) is 14.5 Å². The van der Waals surface area contributed by atoms with Crippen LogP contribution in [0, 0.1) is 5.92 Å². The molecule has 1 aromatic heterocycles. The normalized spacial score (nSPS) is 18.9. The molecule has 3 heterocycles. The molecule has 2 aliphatic heterocycles. The van der Waals surface area contributed by atoms with Crippen molar-refractivity contribution in [2.45, 2.75) is 26.3 Å². The number of hydrogen-bond donors (Lipinski definition) is 1. The molecule has 0 bridgehead atoms. The van der Waals surface area contributed by atoms with Gasteiger partial charge in [0.05, 0.1) is 32.8 Å². The third kappa shape index (κ3) is 5.13. The maximum atomic E-state index is 11.8. The Balaban J connectivity index is 1.68. The van der Waals surface area contributed by atoms with Crippen molar-refractivity contribution in [3.8, 4) is 0 Å². The highest BCUT2D eigenvalue weighted by Crippen LogP contribution is 2.21. The molecule has 2 saturated heterocycles. The van der Waals surface area contributed by atoms with Crippen LogP contribution < -0.4 is 10.2 Å². The Morgan fingerprint density at radius 2 is 2.07 bits per heavy atom. The molecule has 2 aliphatic rings. The van der Waals surface area contributed by atoms with Crippen LogP contribution in [-0.2, 0) is 20.8 Å². The van der Waals surface area contributed by atoms with Gasteiger partial charge in [-0.15, -0.1) is 0 Å². The van der Waals surface area contributed by atoms with E-state index in [2.05, 4.69) is 33.1 Å². The number of anilines is 1. The summed E-state index contributed by atoms with van der Waals surface area (Å²) in [6, 6.07) is 4.05. The van der Waals surface area contributed by atoms with Crippen molar-refractivity contribution in [1.29, 1.82) is 0 Å². The molecule has 0 atom stereocenters. The number of carbonyl (C=O) groups is 1. The number of likely N-dealkylation sites (tertiary alicyclic amines) is 1. The van der Waals surface area contributed by atoms with E-state index >= 15 is 0 Å². The van der Waals surface area contributed by atoms with Crippen molar-refractivity contribution in [2.75, 3.05) is 57.9 Å². The maximum Gasteiger partial charge on any atom is 0.308 e. The average Bonchev–Trinajstić information content (AvgIpc) is 2.77. The lowest BCUT2D eigenvalue weighted by atomic mass is 9.97. The molecular formula is C20H31N5O3. The van der Waals surface area contributed by atoms with Gasteiger partial charge in [0.2, 0.25) is 0 Å². The zero-order valence-electron chi connectivity index (χ0n) is 16.9. The lowest BCUT2D eigenvalue weighted by molar-refractivity contribution is -0.146. The summed E-state index contributed by atoms with van der Waals surface area (Å²) >= 11 is 0. The number of methoxy groups -OCH3 is 1. The molecule has 154 valence electrons. The molecule has 0 aliphatic carbocycles. The summed E-state index contributed by atoms with van der Waals surface area (Å²) in [4.78, 5) is 25.7. The van der Waals surface area contributed by atoms with Crippen LogP contribution in [0.3, 0.4) is 0 Å². The molecule has 0 saturated carbocycles. The van der Waals surface area contributed by atoms with Gasteiger partial charge in [-0.25, -0.2) is 9.98 Å². The van der Waals surface area contributed by atoms with E-state index in [1.807, 2.05) is 12.3 Å². The highest BCUT2D eigenvalue weighted by atomic mass is 16.5. The van der Waals surface area contributed by atoms with E-state index < -0.39 is 0 Å². The van der Waals surface area contributed by atoms with Gasteiger partial charge in [-0.1, -0.05) is 6.07 Å². The number of hydrogen-bond acceptors (Lipinski definition) is 6. The number of carbonyl (C=O) groups excluding carboxylic acids is 1. The fourth-order valence-electron chi connectivity index (χ4n) is 3.69. The number of esters is 1. The van der Waals surface area contributed by atoms with Gasteiger partial charge in [-0.3, -0.25) is 4.79 Å². The van der Waals surface area contributed by atoms with E-state index in [1.54, 1.807) is 0 Å². The Hall–Kier alpha value is -2.35. The largest absolute Gasteiger partial charge is 0.469 e. The van der Waals surface area contributed by atoms with Crippen LogP contribution in [0.15, 0.2) is 23.3 Å². The fraction of sp³-hybridized carbons (Fsp3) is 0.650. The van der Waals surface area contributed by atoms with Crippen LogP contribution in [0.5, 0.6) is 0 Å². The zero-order chi connectivity index (χ0) is 19.8. The first-order valence-electron chi connectivity index (χ1n) is 10.1. The number of morpholine rings is 1. The second kappa shape index (κ2) is 10.3. The Kier molecular flexibility index (Phi) is 7.47. The number of nitrogens with one attached hydrogen (secondary N) is 1. The summed E-state index contributed by atoms with van der Waals surface area (Å²) in [6.45, 7) is 8.22. The average molecular weight is 390 g/mol. The van der Waals surface area contributed by atoms with Gasteiger partial charge >= 0.3 is 5.97 Å². The third-order valence-corrected chi connectivity index (χ3v) is 5.24. The van der Waals surface area contributed by atoms with Crippen molar-refractivity contribution in [3.05, 3.63) is 23.9 Å². The second-order valence-corrected chi connectivity index (χ2v) is 7.04. The molecule has 0 radical (unpaired) electrons.